The Kier molecular flexibility index (Phi) is 8.65. The maximum atomic E-state index is 12.9. The molecule has 0 bridgehead atoms. The third-order valence-corrected chi connectivity index (χ3v) is 3.58. The molecule has 1 unspecified atom stereocenters. The number of nitrogens with one attached hydrogen (secondary N) is 1. The monoisotopic (exact) mass is 380 g/mol. The molecular formula is C19H28N2O4S. The zero-order chi connectivity index (χ0) is 19.7. The van der Waals surface area contributed by atoms with E-state index >= 15 is 0 Å². The molecule has 0 saturated heterocycles. The van der Waals surface area contributed by atoms with Crippen molar-refractivity contribution in [2.24, 2.45) is 0 Å². The predicted octanol–water partition coefficient (Wildman–Crippen LogP) is 1.83. The van der Waals surface area contributed by atoms with Crippen LogP contribution in [0.3, 0.4) is 0 Å². The number of ether oxygens (including phenoxy) is 1. The maximum absolute atomic E-state index is 12.9. The van der Waals surface area contributed by atoms with E-state index in [1.807, 2.05) is 30.3 Å². The van der Waals surface area contributed by atoms with Crippen LogP contribution in [-0.4, -0.2) is 53.2 Å². The Hall–Kier alpha value is -2.02. The number of esters is 1. The summed E-state index contributed by atoms with van der Waals surface area (Å²) in [6, 6.07) is 8.65. The average molecular weight is 381 g/mol. The third-order valence-electron chi connectivity index (χ3n) is 3.38. The molecule has 0 aliphatic rings. The van der Waals surface area contributed by atoms with Gasteiger partial charge < -0.3 is 15.0 Å². The van der Waals surface area contributed by atoms with E-state index in [4.69, 9.17) is 4.74 Å². The van der Waals surface area contributed by atoms with Gasteiger partial charge in [0.05, 0.1) is 0 Å². The van der Waals surface area contributed by atoms with Crippen LogP contribution in [0.2, 0.25) is 0 Å². The van der Waals surface area contributed by atoms with Crippen LogP contribution in [0.1, 0.15) is 33.3 Å². The van der Waals surface area contributed by atoms with Gasteiger partial charge in [-0.3, -0.25) is 14.4 Å². The Morgan fingerprint density at radius 1 is 1.19 bits per heavy atom. The summed E-state index contributed by atoms with van der Waals surface area (Å²) in [5.74, 6) is -0.729. The van der Waals surface area contributed by atoms with Gasteiger partial charge in [-0.05, 0) is 26.3 Å². The van der Waals surface area contributed by atoms with Crippen LogP contribution in [0.25, 0.3) is 0 Å². The van der Waals surface area contributed by atoms with Crippen molar-refractivity contribution in [1.29, 1.82) is 0 Å². The van der Waals surface area contributed by atoms with Crippen LogP contribution in [0, 0.1) is 0 Å². The van der Waals surface area contributed by atoms with Crippen molar-refractivity contribution in [2.75, 3.05) is 18.8 Å². The number of hydrogen-bond acceptors (Lipinski definition) is 5. The normalized spacial score (nSPS) is 12.2. The lowest BCUT2D eigenvalue weighted by Gasteiger charge is -2.28. The van der Waals surface area contributed by atoms with Gasteiger partial charge in [0.15, 0.2) is 0 Å². The second-order valence-corrected chi connectivity index (χ2v) is 7.46. The van der Waals surface area contributed by atoms with E-state index < -0.39 is 17.6 Å². The molecule has 0 spiro atoms. The summed E-state index contributed by atoms with van der Waals surface area (Å²) in [6.45, 7) is 6.78. The molecule has 7 heteroatoms. The Morgan fingerprint density at radius 3 is 2.31 bits per heavy atom. The Morgan fingerprint density at radius 2 is 1.81 bits per heavy atom. The van der Waals surface area contributed by atoms with Gasteiger partial charge in [-0.25, -0.2) is 0 Å². The van der Waals surface area contributed by atoms with Crippen molar-refractivity contribution < 1.29 is 19.1 Å². The number of rotatable bonds is 8. The first kappa shape index (κ1) is 22.0. The van der Waals surface area contributed by atoms with Crippen molar-refractivity contribution in [1.82, 2.24) is 10.2 Å². The van der Waals surface area contributed by atoms with E-state index in [2.05, 4.69) is 17.9 Å². The molecule has 1 atom stereocenters. The molecule has 0 radical (unpaired) electrons. The van der Waals surface area contributed by atoms with Crippen LogP contribution in [0.5, 0.6) is 0 Å². The topological polar surface area (TPSA) is 75.7 Å². The summed E-state index contributed by atoms with van der Waals surface area (Å²) in [5, 5.41) is 2.68. The Bertz CT molecular complexity index is 614. The first-order chi connectivity index (χ1) is 12.1. The number of carbonyl (C=O) groups excluding carboxylic acids is 3. The smallest absolute Gasteiger partial charge is 0.326 e. The van der Waals surface area contributed by atoms with Crippen LogP contribution < -0.4 is 5.32 Å². The van der Waals surface area contributed by atoms with E-state index in [0.29, 0.717) is 12.2 Å². The maximum Gasteiger partial charge on any atom is 0.326 e. The molecule has 26 heavy (non-hydrogen) atoms. The molecule has 6 nitrogen and oxygen atoms in total. The zero-order valence-electron chi connectivity index (χ0n) is 15.8. The lowest BCUT2D eigenvalue weighted by molar-refractivity contribution is -0.159. The second-order valence-electron chi connectivity index (χ2n) is 7.01. The van der Waals surface area contributed by atoms with E-state index in [1.165, 1.54) is 11.8 Å². The minimum atomic E-state index is -0.753. The summed E-state index contributed by atoms with van der Waals surface area (Å²) in [4.78, 5) is 38.0. The predicted molar refractivity (Wildman–Crippen MR) is 104 cm³/mol. The van der Waals surface area contributed by atoms with Crippen molar-refractivity contribution in [3.8, 4) is 0 Å². The number of nitrogens with zero attached hydrogens (tertiary/aromatic N) is 1. The van der Waals surface area contributed by atoms with Crippen molar-refractivity contribution in [3.05, 3.63) is 35.9 Å². The summed E-state index contributed by atoms with van der Waals surface area (Å²) in [7, 11) is 0. The van der Waals surface area contributed by atoms with Gasteiger partial charge in [0, 0.05) is 25.6 Å². The molecule has 0 aliphatic carbocycles. The summed E-state index contributed by atoms with van der Waals surface area (Å²) in [6.07, 6.45) is 0.344. The molecule has 144 valence electrons. The number of benzene rings is 1. The number of carbonyl (C=O) groups is 3. The zero-order valence-corrected chi connectivity index (χ0v) is 16.7. The molecule has 1 rings (SSSR count). The molecule has 1 aromatic rings. The highest BCUT2D eigenvalue weighted by Gasteiger charge is 2.28. The van der Waals surface area contributed by atoms with E-state index in [1.54, 1.807) is 20.8 Å². The summed E-state index contributed by atoms with van der Waals surface area (Å²) < 4.78 is 5.30. The molecule has 2 amide bonds. The fourth-order valence-corrected chi connectivity index (χ4v) is 2.67. The fraction of sp³-hybridized carbons (Fsp3) is 0.526. The van der Waals surface area contributed by atoms with Crippen molar-refractivity contribution in [3.63, 3.8) is 0 Å². The number of thiol groups is 1. The third kappa shape index (κ3) is 8.38. The molecule has 1 N–H and O–H groups in total. The fourth-order valence-electron chi connectivity index (χ4n) is 2.43. The molecular weight excluding hydrogens is 352 g/mol. The second kappa shape index (κ2) is 10.2. The highest BCUT2D eigenvalue weighted by Crippen LogP contribution is 2.10. The molecule has 0 aromatic heterocycles. The van der Waals surface area contributed by atoms with E-state index in [0.717, 1.165) is 5.56 Å². The summed E-state index contributed by atoms with van der Waals surface area (Å²) in [5.41, 5.74) is 0.288. The summed E-state index contributed by atoms with van der Waals surface area (Å²) >= 11 is 4.17. The molecule has 1 aromatic carbocycles. The first-order valence-electron chi connectivity index (χ1n) is 8.55. The van der Waals surface area contributed by atoms with Gasteiger partial charge in [-0.15, -0.1) is 0 Å². The molecule has 0 saturated carbocycles. The van der Waals surface area contributed by atoms with Crippen LogP contribution in [0.15, 0.2) is 30.3 Å². The van der Waals surface area contributed by atoms with Gasteiger partial charge in [-0.1, -0.05) is 30.3 Å². The SMILES string of the molecule is CC(=O)NC(Cc1ccccc1)C(=O)N(CCS)CC(=O)OC(C)(C)C. The Balaban J connectivity index is 2.91. The van der Waals surface area contributed by atoms with Gasteiger partial charge in [0.2, 0.25) is 11.8 Å². The standard InChI is InChI=1S/C19H28N2O4S/c1-14(22)20-16(12-15-8-6-5-7-9-15)18(24)21(10-11-26)13-17(23)25-19(2,3)4/h5-9,16,26H,10-13H2,1-4H3,(H,20,22). The Labute approximate surface area is 160 Å². The minimum Gasteiger partial charge on any atom is -0.459 e. The number of amides is 2. The number of hydrogen-bond donors (Lipinski definition) is 2. The van der Waals surface area contributed by atoms with Gasteiger partial charge in [0.1, 0.15) is 18.2 Å². The molecule has 0 heterocycles. The van der Waals surface area contributed by atoms with Crippen LogP contribution >= 0.6 is 12.6 Å². The molecule has 0 fully saturated rings. The highest BCUT2D eigenvalue weighted by molar-refractivity contribution is 7.80. The van der Waals surface area contributed by atoms with Crippen molar-refractivity contribution in [2.45, 2.75) is 45.8 Å². The van der Waals surface area contributed by atoms with Gasteiger partial charge in [0.25, 0.3) is 0 Å². The highest BCUT2D eigenvalue weighted by atomic mass is 32.1. The van der Waals surface area contributed by atoms with Crippen molar-refractivity contribution >= 4 is 30.4 Å². The van der Waals surface area contributed by atoms with E-state index in [-0.39, 0.29) is 24.9 Å². The first-order valence-corrected chi connectivity index (χ1v) is 9.18. The molecule has 0 aliphatic heterocycles. The average Bonchev–Trinajstić information content (AvgIpc) is 2.52. The minimum absolute atomic E-state index is 0.179. The van der Waals surface area contributed by atoms with E-state index in [9.17, 15) is 14.4 Å². The van der Waals surface area contributed by atoms with Gasteiger partial charge >= 0.3 is 5.97 Å². The largest absolute Gasteiger partial charge is 0.459 e. The quantitative estimate of drug-likeness (QED) is 0.533. The lowest BCUT2D eigenvalue weighted by Crippen LogP contribution is -2.51. The van der Waals surface area contributed by atoms with Crippen LogP contribution in [-0.2, 0) is 25.5 Å². The lowest BCUT2D eigenvalue weighted by atomic mass is 10.0. The van der Waals surface area contributed by atoms with Crippen LogP contribution in [0.4, 0.5) is 0 Å². The van der Waals surface area contributed by atoms with Gasteiger partial charge in [-0.2, -0.15) is 12.6 Å².